The Morgan fingerprint density at radius 1 is 0.864 bits per heavy atom. The number of nitrogens with one attached hydrogen (secondary N) is 2. The Labute approximate surface area is 266 Å². The highest BCUT2D eigenvalue weighted by Crippen LogP contribution is 2.26. The largest absolute Gasteiger partial charge is 0.488 e. The summed E-state index contributed by atoms with van der Waals surface area (Å²) in [5.41, 5.74) is 23.5. The topological polar surface area (TPSA) is 102 Å². The number of benzene rings is 4. The quantitative estimate of drug-likeness (QED) is 0.0823. The third-order valence-electron chi connectivity index (χ3n) is 7.48. The van der Waals surface area contributed by atoms with Gasteiger partial charge in [-0.15, -0.1) is 0 Å². The van der Waals surface area contributed by atoms with E-state index in [0.717, 1.165) is 47.4 Å². The number of hydrogen-bond acceptors (Lipinski definition) is 4. The Kier molecular flexibility index (Phi) is 11.2. The minimum absolute atomic E-state index is 0.00949. The monoisotopic (exact) mass is 606 g/mol. The molecule has 0 spiro atoms. The van der Waals surface area contributed by atoms with Crippen LogP contribution in [0.4, 0.5) is 5.69 Å². The molecule has 0 fully saturated rings. The Morgan fingerprint density at radius 3 is 2.16 bits per heavy atom. The summed E-state index contributed by atoms with van der Waals surface area (Å²) < 4.78 is 6.29. The fraction of sp³-hybridized carbons (Fsp3) is 0.243. The first-order valence-corrected chi connectivity index (χ1v) is 15.3. The summed E-state index contributed by atoms with van der Waals surface area (Å²) in [5, 5.41) is 0.00949. The van der Waals surface area contributed by atoms with Crippen molar-refractivity contribution in [2.45, 2.75) is 52.1 Å². The van der Waals surface area contributed by atoms with Crippen molar-refractivity contribution in [1.82, 2.24) is 10.9 Å². The van der Waals surface area contributed by atoms with Gasteiger partial charge in [-0.05, 0) is 95.4 Å². The molecule has 6 nitrogen and oxygen atoms in total. The van der Waals surface area contributed by atoms with Crippen LogP contribution in [0.25, 0.3) is 6.08 Å². The van der Waals surface area contributed by atoms with Gasteiger partial charge in [0.1, 0.15) is 12.4 Å². The van der Waals surface area contributed by atoms with Crippen molar-refractivity contribution < 1.29 is 9.53 Å². The predicted molar refractivity (Wildman–Crippen MR) is 185 cm³/mol. The zero-order valence-electron chi connectivity index (χ0n) is 25.7. The van der Waals surface area contributed by atoms with Crippen LogP contribution in [0.15, 0.2) is 103 Å². The van der Waals surface area contributed by atoms with E-state index in [4.69, 9.17) is 28.4 Å². The molecule has 44 heavy (non-hydrogen) atoms. The van der Waals surface area contributed by atoms with Gasteiger partial charge in [0, 0.05) is 16.8 Å². The van der Waals surface area contributed by atoms with E-state index < -0.39 is 0 Å². The molecule has 228 valence electrons. The lowest BCUT2D eigenvalue weighted by Crippen LogP contribution is -2.44. The predicted octanol–water partition coefficient (Wildman–Crippen LogP) is 7.13. The summed E-state index contributed by atoms with van der Waals surface area (Å²) in [4.78, 5) is 12.3. The Bertz CT molecular complexity index is 1560. The molecule has 4 aromatic carbocycles. The van der Waals surface area contributed by atoms with E-state index in [0.29, 0.717) is 12.2 Å². The molecule has 0 aliphatic heterocycles. The van der Waals surface area contributed by atoms with Crippen molar-refractivity contribution in [2.75, 3.05) is 5.73 Å². The molecule has 0 radical (unpaired) electrons. The van der Waals surface area contributed by atoms with Crippen LogP contribution in [0.2, 0.25) is 0 Å². The maximum atomic E-state index is 12.3. The molecular formula is C37H42N4O2S. The molecule has 0 saturated carbocycles. The van der Waals surface area contributed by atoms with Gasteiger partial charge in [0.2, 0.25) is 0 Å². The summed E-state index contributed by atoms with van der Waals surface area (Å²) in [5.74, 6) is 0.833. The van der Waals surface area contributed by atoms with Gasteiger partial charge in [-0.1, -0.05) is 99.7 Å². The fourth-order valence-electron chi connectivity index (χ4n) is 4.84. The van der Waals surface area contributed by atoms with Crippen LogP contribution >= 0.6 is 12.2 Å². The molecule has 7 heteroatoms. The molecule has 0 bridgehead atoms. The second-order valence-corrected chi connectivity index (χ2v) is 12.5. The van der Waals surface area contributed by atoms with Gasteiger partial charge in [-0.2, -0.15) is 0 Å². The summed E-state index contributed by atoms with van der Waals surface area (Å²) in [7, 11) is 0. The maximum absolute atomic E-state index is 12.3. The first-order chi connectivity index (χ1) is 21.1. The summed E-state index contributed by atoms with van der Waals surface area (Å²) in [6.07, 6.45) is 7.12. The van der Waals surface area contributed by atoms with Crippen LogP contribution in [0.1, 0.15) is 65.4 Å². The van der Waals surface area contributed by atoms with Gasteiger partial charge < -0.3 is 16.2 Å². The average Bonchev–Trinajstić information content (AvgIpc) is 3.01. The van der Waals surface area contributed by atoms with Crippen molar-refractivity contribution in [3.05, 3.63) is 137 Å². The molecule has 0 aromatic heterocycles. The van der Waals surface area contributed by atoms with Gasteiger partial charge in [0.05, 0.1) is 0 Å². The number of carbonyl (C=O) groups excluding carboxylic acids is 1. The normalized spacial score (nSPS) is 12.1. The first kappa shape index (κ1) is 32.3. The lowest BCUT2D eigenvalue weighted by Gasteiger charge is -2.19. The lowest BCUT2D eigenvalue weighted by atomic mass is 9.87. The molecule has 1 amide bonds. The van der Waals surface area contributed by atoms with Crippen molar-refractivity contribution in [2.24, 2.45) is 11.7 Å². The molecule has 0 aliphatic rings. The molecule has 6 N–H and O–H groups in total. The smallest absolute Gasteiger partial charge is 0.269 e. The van der Waals surface area contributed by atoms with E-state index in [1.165, 1.54) is 11.1 Å². The number of allylic oxidation sites excluding steroid dienone is 1. The summed E-state index contributed by atoms with van der Waals surface area (Å²) >= 11 is 4.74. The van der Waals surface area contributed by atoms with Crippen LogP contribution in [-0.2, 0) is 24.9 Å². The van der Waals surface area contributed by atoms with Crippen LogP contribution in [0, 0.1) is 5.92 Å². The first-order valence-electron chi connectivity index (χ1n) is 14.9. The zero-order valence-corrected chi connectivity index (χ0v) is 26.5. The number of ether oxygens (including phenoxy) is 1. The number of hydrogen-bond donors (Lipinski definition) is 4. The third-order valence-corrected chi connectivity index (χ3v) is 7.58. The Morgan fingerprint density at radius 2 is 1.50 bits per heavy atom. The molecule has 0 saturated heterocycles. The van der Waals surface area contributed by atoms with E-state index in [9.17, 15) is 4.79 Å². The van der Waals surface area contributed by atoms with E-state index >= 15 is 0 Å². The highest BCUT2D eigenvalue weighted by molar-refractivity contribution is 7.80. The molecular weight excluding hydrogens is 565 g/mol. The number of carbonyl (C=O) groups is 1. The van der Waals surface area contributed by atoms with E-state index in [-0.39, 0.29) is 22.4 Å². The highest BCUT2D eigenvalue weighted by atomic mass is 32.1. The number of nitrogen functional groups attached to an aromatic ring is 1. The fourth-order valence-corrected chi connectivity index (χ4v) is 4.89. The Balaban J connectivity index is 1.44. The van der Waals surface area contributed by atoms with Gasteiger partial charge in [-0.3, -0.25) is 15.6 Å². The van der Waals surface area contributed by atoms with Crippen molar-refractivity contribution in [3.63, 3.8) is 0 Å². The SMILES string of the molecule is CC(C)(C)c1ccc(COc2ccccc2/C=C/C(CCc2ccc(C(=O)NNC(N)=S)cc2)Cc2ccc(N)cc2)cc1. The zero-order chi connectivity index (χ0) is 31.5. The molecule has 4 rings (SSSR count). The van der Waals surface area contributed by atoms with Crippen molar-refractivity contribution in [3.8, 4) is 5.75 Å². The number of anilines is 1. The van der Waals surface area contributed by atoms with E-state index in [1.807, 2.05) is 42.5 Å². The van der Waals surface area contributed by atoms with Crippen LogP contribution < -0.4 is 27.1 Å². The standard InChI is InChI=1S/C37H42N4O2S/c1-37(2,3)32-20-13-29(14-21-32)25-43-34-7-5-4-6-30(34)17-12-27(24-28-15-22-33(38)23-16-28)9-8-26-10-18-31(19-11-26)35(42)40-41-36(39)44/h4-7,10-23,27H,8-9,24-25,38H2,1-3H3,(H,40,42)(H3,39,41,44)/b17-12+. The van der Waals surface area contributed by atoms with E-state index in [2.05, 4.69) is 86.2 Å². The number of hydrazine groups is 1. The number of amides is 1. The second-order valence-electron chi connectivity index (χ2n) is 12.0. The van der Waals surface area contributed by atoms with Crippen LogP contribution in [0.5, 0.6) is 5.75 Å². The van der Waals surface area contributed by atoms with E-state index in [1.54, 1.807) is 12.1 Å². The van der Waals surface area contributed by atoms with Gasteiger partial charge in [-0.25, -0.2) is 0 Å². The van der Waals surface area contributed by atoms with Crippen molar-refractivity contribution in [1.29, 1.82) is 0 Å². The number of thiocarbonyl (C=S) groups is 1. The van der Waals surface area contributed by atoms with Gasteiger partial charge in [0.15, 0.2) is 5.11 Å². The minimum Gasteiger partial charge on any atom is -0.488 e. The number of nitrogens with two attached hydrogens (primary N) is 2. The van der Waals surface area contributed by atoms with Gasteiger partial charge >= 0.3 is 0 Å². The van der Waals surface area contributed by atoms with Gasteiger partial charge in [0.25, 0.3) is 5.91 Å². The molecule has 1 atom stereocenters. The van der Waals surface area contributed by atoms with Crippen LogP contribution in [-0.4, -0.2) is 11.0 Å². The molecule has 0 aliphatic carbocycles. The number of aryl methyl sites for hydroxylation is 1. The number of rotatable bonds is 11. The third kappa shape index (κ3) is 9.99. The molecule has 1 unspecified atom stereocenters. The highest BCUT2D eigenvalue weighted by Gasteiger charge is 2.13. The maximum Gasteiger partial charge on any atom is 0.269 e. The Hall–Kier alpha value is -4.62. The van der Waals surface area contributed by atoms with Crippen LogP contribution in [0.3, 0.4) is 0 Å². The molecule has 0 heterocycles. The lowest BCUT2D eigenvalue weighted by molar-refractivity contribution is 0.0944. The molecule has 4 aromatic rings. The number of para-hydroxylation sites is 1. The minimum atomic E-state index is -0.295. The average molecular weight is 607 g/mol. The second kappa shape index (κ2) is 15.2. The van der Waals surface area contributed by atoms with Crippen molar-refractivity contribution >= 4 is 35.0 Å². The summed E-state index contributed by atoms with van der Waals surface area (Å²) in [6.45, 7) is 7.17. The summed E-state index contributed by atoms with van der Waals surface area (Å²) in [6, 6.07) is 32.5.